The van der Waals surface area contributed by atoms with Gasteiger partial charge in [-0.2, -0.15) is 0 Å². The van der Waals surface area contributed by atoms with Crippen LogP contribution in [0, 0.1) is 0 Å². The van der Waals surface area contributed by atoms with E-state index in [4.69, 9.17) is 44.9 Å². The van der Waals surface area contributed by atoms with Crippen LogP contribution in [0.4, 0.5) is 0 Å². The van der Waals surface area contributed by atoms with Crippen LogP contribution < -0.4 is 9.47 Å². The molecule has 1 fully saturated rings. The number of ether oxygens (including phenoxy) is 2. The number of likely N-dealkylation sites (N-methyl/N-ethyl adjacent to an activating group) is 2. The van der Waals surface area contributed by atoms with E-state index in [9.17, 15) is 9.59 Å². The zero-order valence-electron chi connectivity index (χ0n) is 16.4. The van der Waals surface area contributed by atoms with Gasteiger partial charge in [-0.25, -0.2) is 0 Å². The highest BCUT2D eigenvalue weighted by Gasteiger charge is 2.35. The summed E-state index contributed by atoms with van der Waals surface area (Å²) in [6.45, 7) is 0.262. The Bertz CT molecular complexity index is 1040. The van der Waals surface area contributed by atoms with Gasteiger partial charge in [0.15, 0.2) is 16.6 Å². The Kier molecular flexibility index (Phi) is 6.65. The van der Waals surface area contributed by atoms with Gasteiger partial charge in [-0.15, -0.1) is 0 Å². The smallest absolute Gasteiger partial charge is 0.265 e. The minimum absolute atomic E-state index is 0.0140. The van der Waals surface area contributed by atoms with Gasteiger partial charge in [0.05, 0.1) is 17.2 Å². The lowest BCUT2D eigenvalue weighted by Crippen LogP contribution is -2.52. The molecule has 1 aliphatic heterocycles. The van der Waals surface area contributed by atoms with Gasteiger partial charge in [0.1, 0.15) is 12.2 Å². The number of halogens is 2. The second kappa shape index (κ2) is 9.04. The number of amides is 2. The predicted octanol–water partition coefficient (Wildman–Crippen LogP) is 4.18. The Labute approximate surface area is 189 Å². The molecule has 0 bridgehead atoms. The molecule has 0 unspecified atom stereocenters. The van der Waals surface area contributed by atoms with Gasteiger partial charge in [-0.05, 0) is 53.7 Å². The van der Waals surface area contributed by atoms with Crippen molar-refractivity contribution >= 4 is 58.4 Å². The molecule has 0 N–H and O–H groups in total. The highest BCUT2D eigenvalue weighted by atomic mass is 35.5. The fourth-order valence-electron chi connectivity index (χ4n) is 2.83. The SMILES string of the molecule is COc1cc(C=C2C(=O)N(C)C(=S)N(C)C2=O)ccc1OCc1ccc(Cl)c(Cl)c1. The van der Waals surface area contributed by atoms with E-state index in [0.29, 0.717) is 27.1 Å². The van der Waals surface area contributed by atoms with E-state index < -0.39 is 11.8 Å². The van der Waals surface area contributed by atoms with Gasteiger partial charge in [-0.3, -0.25) is 19.4 Å². The molecule has 0 aliphatic carbocycles. The van der Waals surface area contributed by atoms with Gasteiger partial charge in [0.25, 0.3) is 11.8 Å². The fourth-order valence-corrected chi connectivity index (χ4v) is 3.31. The first-order valence-corrected chi connectivity index (χ1v) is 9.96. The summed E-state index contributed by atoms with van der Waals surface area (Å²) in [5, 5.41) is 1.08. The third kappa shape index (κ3) is 4.43. The molecule has 0 atom stereocenters. The first kappa shape index (κ1) is 22.1. The quantitative estimate of drug-likeness (QED) is 0.377. The lowest BCUT2D eigenvalue weighted by molar-refractivity contribution is -0.132. The van der Waals surface area contributed by atoms with Crippen LogP contribution in [-0.4, -0.2) is 47.9 Å². The van der Waals surface area contributed by atoms with E-state index in [0.717, 1.165) is 5.56 Å². The lowest BCUT2D eigenvalue weighted by atomic mass is 10.1. The third-order valence-electron chi connectivity index (χ3n) is 4.52. The average Bonchev–Trinajstić information content (AvgIpc) is 2.75. The molecule has 2 aromatic rings. The van der Waals surface area contributed by atoms with Crippen molar-refractivity contribution in [3.8, 4) is 11.5 Å². The van der Waals surface area contributed by atoms with Crippen molar-refractivity contribution in [3.05, 3.63) is 63.1 Å². The summed E-state index contributed by atoms with van der Waals surface area (Å²) >= 11 is 17.1. The monoisotopic (exact) mass is 464 g/mol. The summed E-state index contributed by atoms with van der Waals surface area (Å²) < 4.78 is 11.2. The number of benzene rings is 2. The van der Waals surface area contributed by atoms with Crippen LogP contribution in [0.1, 0.15) is 11.1 Å². The molecule has 9 heteroatoms. The zero-order valence-corrected chi connectivity index (χ0v) is 18.8. The van der Waals surface area contributed by atoms with Crippen molar-refractivity contribution in [2.45, 2.75) is 6.61 Å². The summed E-state index contributed by atoms with van der Waals surface area (Å²) in [5.41, 5.74) is 1.47. The first-order valence-electron chi connectivity index (χ1n) is 8.79. The average molecular weight is 465 g/mol. The van der Waals surface area contributed by atoms with Gasteiger partial charge in [-0.1, -0.05) is 35.3 Å². The van der Waals surface area contributed by atoms with E-state index in [1.165, 1.54) is 37.1 Å². The predicted molar refractivity (Wildman–Crippen MR) is 120 cm³/mol. The minimum Gasteiger partial charge on any atom is -0.493 e. The van der Waals surface area contributed by atoms with Crippen LogP contribution in [0.25, 0.3) is 6.08 Å². The standard InChI is InChI=1S/C21H18Cl2N2O4S/c1-24-19(26)14(20(27)25(2)21(24)30)8-12-5-7-17(18(10-12)28-3)29-11-13-4-6-15(22)16(23)9-13/h4-10H,11H2,1-3H3. The van der Waals surface area contributed by atoms with E-state index >= 15 is 0 Å². The Morgan fingerprint density at radius 1 is 0.967 bits per heavy atom. The molecule has 1 heterocycles. The molecular formula is C21H18Cl2N2O4S. The number of methoxy groups -OCH3 is 1. The number of hydrogen-bond acceptors (Lipinski definition) is 5. The summed E-state index contributed by atoms with van der Waals surface area (Å²) in [6.07, 6.45) is 1.50. The Morgan fingerprint density at radius 2 is 1.63 bits per heavy atom. The zero-order chi connectivity index (χ0) is 22.0. The number of carbonyl (C=O) groups excluding carboxylic acids is 2. The molecule has 2 aromatic carbocycles. The van der Waals surface area contributed by atoms with Crippen molar-refractivity contribution in [3.63, 3.8) is 0 Å². The third-order valence-corrected chi connectivity index (χ3v) is 5.81. The molecule has 156 valence electrons. The number of carbonyl (C=O) groups is 2. The second-order valence-corrected chi connectivity index (χ2v) is 7.70. The maximum atomic E-state index is 12.5. The van der Waals surface area contributed by atoms with Crippen LogP contribution in [0.2, 0.25) is 10.0 Å². The number of thiocarbonyl (C=S) groups is 1. The maximum absolute atomic E-state index is 12.5. The molecule has 6 nitrogen and oxygen atoms in total. The molecule has 0 saturated carbocycles. The number of nitrogens with zero attached hydrogens (tertiary/aromatic N) is 2. The highest BCUT2D eigenvalue weighted by molar-refractivity contribution is 7.80. The molecule has 0 radical (unpaired) electrons. The van der Waals surface area contributed by atoms with Gasteiger partial charge >= 0.3 is 0 Å². The van der Waals surface area contributed by atoms with Crippen LogP contribution in [0.15, 0.2) is 42.0 Å². The van der Waals surface area contributed by atoms with Crippen LogP contribution in [0.5, 0.6) is 11.5 Å². The molecule has 30 heavy (non-hydrogen) atoms. The Hall–Kier alpha value is -2.61. The van der Waals surface area contributed by atoms with Gasteiger partial charge in [0.2, 0.25) is 0 Å². The molecule has 0 spiro atoms. The van der Waals surface area contributed by atoms with Gasteiger partial charge in [0, 0.05) is 14.1 Å². The molecule has 2 amide bonds. The van der Waals surface area contributed by atoms with Crippen molar-refractivity contribution in [2.75, 3.05) is 21.2 Å². The van der Waals surface area contributed by atoms with Crippen molar-refractivity contribution in [2.24, 2.45) is 0 Å². The van der Waals surface area contributed by atoms with Crippen molar-refractivity contribution in [1.82, 2.24) is 9.80 Å². The molecule has 1 aliphatic rings. The van der Waals surface area contributed by atoms with E-state index in [2.05, 4.69) is 0 Å². The van der Waals surface area contributed by atoms with E-state index in [1.807, 2.05) is 6.07 Å². The second-order valence-electron chi connectivity index (χ2n) is 6.52. The minimum atomic E-state index is -0.456. The summed E-state index contributed by atoms with van der Waals surface area (Å²) in [6, 6.07) is 10.4. The van der Waals surface area contributed by atoms with E-state index in [1.54, 1.807) is 30.3 Å². The molecule has 1 saturated heterocycles. The fraction of sp³-hybridized carbons (Fsp3) is 0.190. The Balaban J connectivity index is 1.84. The normalized spacial score (nSPS) is 14.3. The maximum Gasteiger partial charge on any atom is 0.265 e. The van der Waals surface area contributed by atoms with Crippen LogP contribution in [0.3, 0.4) is 0 Å². The summed E-state index contributed by atoms with van der Waals surface area (Å²) in [5.74, 6) is 0.0452. The molecule has 3 rings (SSSR count). The van der Waals surface area contributed by atoms with Crippen molar-refractivity contribution in [1.29, 1.82) is 0 Å². The highest BCUT2D eigenvalue weighted by Crippen LogP contribution is 2.31. The summed E-state index contributed by atoms with van der Waals surface area (Å²) in [4.78, 5) is 27.5. The van der Waals surface area contributed by atoms with Crippen LogP contribution >= 0.6 is 35.4 Å². The number of hydrogen-bond donors (Lipinski definition) is 0. The Morgan fingerprint density at radius 3 is 2.23 bits per heavy atom. The van der Waals surface area contributed by atoms with Crippen molar-refractivity contribution < 1.29 is 19.1 Å². The van der Waals surface area contributed by atoms with Crippen LogP contribution in [-0.2, 0) is 16.2 Å². The van der Waals surface area contributed by atoms with Gasteiger partial charge < -0.3 is 9.47 Å². The topological polar surface area (TPSA) is 59.1 Å². The first-order chi connectivity index (χ1) is 14.2. The molecular weight excluding hydrogens is 447 g/mol. The van der Waals surface area contributed by atoms with E-state index in [-0.39, 0.29) is 17.3 Å². The summed E-state index contributed by atoms with van der Waals surface area (Å²) in [7, 11) is 4.57. The number of rotatable bonds is 5. The lowest BCUT2D eigenvalue weighted by Gasteiger charge is -2.31. The molecule has 0 aromatic heterocycles. The largest absolute Gasteiger partial charge is 0.493 e.